The molecule has 0 aliphatic carbocycles. The van der Waals surface area contributed by atoms with Crippen LogP contribution in [0.2, 0.25) is 0 Å². The number of hydrogen-bond acceptors (Lipinski definition) is 4. The van der Waals surface area contributed by atoms with Crippen LogP contribution in [0.25, 0.3) is 0 Å². The van der Waals surface area contributed by atoms with Gasteiger partial charge in [0.25, 0.3) is 0 Å². The molecule has 0 bridgehead atoms. The van der Waals surface area contributed by atoms with E-state index in [0.717, 1.165) is 19.5 Å². The van der Waals surface area contributed by atoms with E-state index in [-0.39, 0.29) is 18.4 Å². The van der Waals surface area contributed by atoms with Crippen molar-refractivity contribution in [2.24, 2.45) is 5.92 Å². The van der Waals surface area contributed by atoms with Crippen molar-refractivity contribution in [2.45, 2.75) is 32.9 Å². The highest BCUT2D eigenvalue weighted by atomic mass is 32.2. The van der Waals surface area contributed by atoms with Gasteiger partial charge >= 0.3 is 0 Å². The molecule has 2 aliphatic heterocycles. The van der Waals surface area contributed by atoms with Crippen molar-refractivity contribution in [3.63, 3.8) is 0 Å². The van der Waals surface area contributed by atoms with Crippen molar-refractivity contribution in [1.82, 2.24) is 15.1 Å². The zero-order valence-corrected chi connectivity index (χ0v) is 15.8. The van der Waals surface area contributed by atoms with Crippen molar-refractivity contribution in [1.29, 1.82) is 0 Å². The van der Waals surface area contributed by atoms with Crippen LogP contribution in [-0.4, -0.2) is 58.9 Å². The lowest BCUT2D eigenvalue weighted by Gasteiger charge is -2.38. The Labute approximate surface area is 154 Å². The van der Waals surface area contributed by atoms with Gasteiger partial charge in [-0.1, -0.05) is 38.1 Å². The third-order valence-electron chi connectivity index (χ3n) is 5.07. The summed E-state index contributed by atoms with van der Waals surface area (Å²) in [5, 5.41) is 3.05. The molecular weight excluding hydrogens is 334 g/mol. The van der Waals surface area contributed by atoms with Gasteiger partial charge in [-0.3, -0.25) is 14.5 Å². The predicted octanol–water partition coefficient (Wildman–Crippen LogP) is 1.72. The molecule has 6 heteroatoms. The van der Waals surface area contributed by atoms with Crippen LogP contribution in [0.1, 0.15) is 25.0 Å². The van der Waals surface area contributed by atoms with Gasteiger partial charge in [0.1, 0.15) is 6.54 Å². The average Bonchev–Trinajstić information content (AvgIpc) is 2.99. The molecule has 1 aromatic rings. The highest BCUT2D eigenvalue weighted by Crippen LogP contribution is 2.22. The third kappa shape index (κ3) is 4.55. The maximum Gasteiger partial charge on any atom is 0.239 e. The van der Waals surface area contributed by atoms with E-state index in [2.05, 4.69) is 48.3 Å². The van der Waals surface area contributed by atoms with Crippen LogP contribution in [0.4, 0.5) is 0 Å². The lowest BCUT2D eigenvalue weighted by molar-refractivity contribution is -0.132. The first-order valence-electron chi connectivity index (χ1n) is 8.97. The molecule has 1 unspecified atom stereocenters. The summed E-state index contributed by atoms with van der Waals surface area (Å²) >= 11 is 1.57. The fourth-order valence-electron chi connectivity index (χ4n) is 3.57. The smallest absolute Gasteiger partial charge is 0.239 e. The summed E-state index contributed by atoms with van der Waals surface area (Å²) in [5.74, 6) is 1.58. The number of carbonyl (C=O) groups excluding carboxylic acids is 2. The van der Waals surface area contributed by atoms with Gasteiger partial charge < -0.3 is 10.2 Å². The SMILES string of the molecule is CC(C)C(CNC(=O)CN1CSCC1=O)N1CCc2ccccc2C1. The maximum absolute atomic E-state index is 12.2. The monoisotopic (exact) mass is 361 g/mol. The van der Waals surface area contributed by atoms with Gasteiger partial charge in [-0.25, -0.2) is 0 Å². The topological polar surface area (TPSA) is 52.7 Å². The van der Waals surface area contributed by atoms with Crippen LogP contribution in [-0.2, 0) is 22.6 Å². The van der Waals surface area contributed by atoms with Crippen LogP contribution in [0, 0.1) is 5.92 Å². The molecule has 5 nitrogen and oxygen atoms in total. The van der Waals surface area contributed by atoms with Crippen LogP contribution in [0.5, 0.6) is 0 Å². The van der Waals surface area contributed by atoms with E-state index in [1.54, 1.807) is 16.7 Å². The Hall–Kier alpha value is -1.53. The summed E-state index contributed by atoms with van der Waals surface area (Å²) in [7, 11) is 0. The lowest BCUT2D eigenvalue weighted by Crippen LogP contribution is -2.50. The summed E-state index contributed by atoms with van der Waals surface area (Å²) < 4.78 is 0. The average molecular weight is 362 g/mol. The highest BCUT2D eigenvalue weighted by molar-refractivity contribution is 8.00. The zero-order chi connectivity index (χ0) is 17.8. The van der Waals surface area contributed by atoms with Crippen molar-refractivity contribution in [3.8, 4) is 0 Å². The molecule has 1 saturated heterocycles. The van der Waals surface area contributed by atoms with Crippen LogP contribution in [0.3, 0.4) is 0 Å². The Bertz CT molecular complexity index is 635. The van der Waals surface area contributed by atoms with E-state index in [1.165, 1.54) is 11.1 Å². The predicted molar refractivity (Wildman–Crippen MR) is 101 cm³/mol. The molecule has 1 fully saturated rings. The summed E-state index contributed by atoms with van der Waals surface area (Å²) in [5.41, 5.74) is 2.83. The second kappa shape index (κ2) is 8.23. The van der Waals surface area contributed by atoms with Gasteiger partial charge in [-0.2, -0.15) is 0 Å². The van der Waals surface area contributed by atoms with Crippen molar-refractivity contribution in [2.75, 3.05) is 31.3 Å². The number of fused-ring (bicyclic) bond motifs is 1. The number of carbonyl (C=O) groups is 2. The number of hydrogen-bond donors (Lipinski definition) is 1. The maximum atomic E-state index is 12.2. The van der Waals surface area contributed by atoms with E-state index >= 15 is 0 Å². The lowest BCUT2D eigenvalue weighted by atomic mass is 9.95. The molecule has 2 aliphatic rings. The van der Waals surface area contributed by atoms with E-state index in [0.29, 0.717) is 30.1 Å². The quantitative estimate of drug-likeness (QED) is 0.838. The highest BCUT2D eigenvalue weighted by Gasteiger charge is 2.27. The minimum atomic E-state index is -0.0566. The summed E-state index contributed by atoms with van der Waals surface area (Å²) in [6.45, 7) is 7.19. The van der Waals surface area contributed by atoms with Crippen LogP contribution < -0.4 is 5.32 Å². The van der Waals surface area contributed by atoms with Gasteiger partial charge in [0, 0.05) is 25.7 Å². The molecule has 3 rings (SSSR count). The van der Waals surface area contributed by atoms with Crippen molar-refractivity contribution >= 4 is 23.6 Å². The standard InChI is InChI=1S/C19H27N3O2S/c1-14(2)17(9-20-18(23)11-22-13-25-12-19(22)24)21-8-7-15-5-3-4-6-16(15)10-21/h3-6,14,17H,7-13H2,1-2H3,(H,20,23). The number of benzene rings is 1. The molecular formula is C19H27N3O2S. The Kier molecular flexibility index (Phi) is 6.02. The van der Waals surface area contributed by atoms with Gasteiger partial charge in [0.05, 0.1) is 11.6 Å². The summed E-state index contributed by atoms with van der Waals surface area (Å²) in [4.78, 5) is 28.0. The molecule has 1 atom stereocenters. The first-order chi connectivity index (χ1) is 12.0. The number of rotatable bonds is 6. The molecule has 2 amide bonds. The minimum Gasteiger partial charge on any atom is -0.353 e. The third-order valence-corrected chi connectivity index (χ3v) is 6.01. The Morgan fingerprint density at radius 1 is 1.28 bits per heavy atom. The Morgan fingerprint density at radius 3 is 2.72 bits per heavy atom. The number of nitrogens with zero attached hydrogens (tertiary/aromatic N) is 2. The second-order valence-electron chi connectivity index (χ2n) is 7.17. The molecule has 0 radical (unpaired) electrons. The van der Waals surface area contributed by atoms with Crippen LogP contribution in [0.15, 0.2) is 24.3 Å². The van der Waals surface area contributed by atoms with Gasteiger partial charge in [0.15, 0.2) is 0 Å². The van der Waals surface area contributed by atoms with Gasteiger partial charge in [-0.15, -0.1) is 11.8 Å². The Morgan fingerprint density at radius 2 is 2.04 bits per heavy atom. The molecule has 0 saturated carbocycles. The van der Waals surface area contributed by atoms with E-state index in [4.69, 9.17) is 0 Å². The van der Waals surface area contributed by atoms with Crippen LogP contribution >= 0.6 is 11.8 Å². The number of nitrogens with one attached hydrogen (secondary N) is 1. The normalized spacial score (nSPS) is 19.2. The molecule has 1 N–H and O–H groups in total. The number of amides is 2. The van der Waals surface area contributed by atoms with Crippen molar-refractivity contribution in [3.05, 3.63) is 35.4 Å². The second-order valence-corrected chi connectivity index (χ2v) is 8.13. The molecule has 25 heavy (non-hydrogen) atoms. The van der Waals surface area contributed by atoms with Gasteiger partial charge in [0.2, 0.25) is 11.8 Å². The van der Waals surface area contributed by atoms with E-state index in [1.807, 2.05) is 0 Å². The van der Waals surface area contributed by atoms with E-state index < -0.39 is 0 Å². The van der Waals surface area contributed by atoms with E-state index in [9.17, 15) is 9.59 Å². The fraction of sp³-hybridized carbons (Fsp3) is 0.579. The molecule has 136 valence electrons. The first kappa shape index (κ1) is 18.3. The molecule has 0 spiro atoms. The molecule has 2 heterocycles. The first-order valence-corrected chi connectivity index (χ1v) is 10.1. The largest absolute Gasteiger partial charge is 0.353 e. The summed E-state index contributed by atoms with van der Waals surface area (Å²) in [6.07, 6.45) is 1.06. The zero-order valence-electron chi connectivity index (χ0n) is 15.0. The van der Waals surface area contributed by atoms with Crippen molar-refractivity contribution < 1.29 is 9.59 Å². The summed E-state index contributed by atoms with van der Waals surface area (Å²) in [6, 6.07) is 8.92. The number of thioether (sulfide) groups is 1. The van der Waals surface area contributed by atoms with Gasteiger partial charge in [-0.05, 0) is 23.5 Å². The fourth-order valence-corrected chi connectivity index (χ4v) is 4.48. The Balaban J connectivity index is 1.55. The molecule has 1 aromatic carbocycles. The molecule has 0 aromatic heterocycles. The minimum absolute atomic E-state index is 0.0566.